The lowest BCUT2D eigenvalue weighted by atomic mass is 9.88. The third kappa shape index (κ3) is 5.89. The van der Waals surface area contributed by atoms with Gasteiger partial charge in [-0.3, -0.25) is 0 Å². The molecule has 0 atom stereocenters. The highest BCUT2D eigenvalue weighted by Gasteiger charge is 2.35. The summed E-state index contributed by atoms with van der Waals surface area (Å²) < 4.78 is 43.9. The fourth-order valence-corrected chi connectivity index (χ4v) is 3.57. The van der Waals surface area contributed by atoms with Gasteiger partial charge in [0.15, 0.2) is 18.2 Å². The average molecular weight is 414 g/mol. The summed E-state index contributed by atoms with van der Waals surface area (Å²) in [7, 11) is 0. The van der Waals surface area contributed by atoms with Crippen LogP contribution >= 0.6 is 0 Å². The normalized spacial score (nSPS) is 19.5. The van der Waals surface area contributed by atoms with Gasteiger partial charge in [-0.2, -0.15) is 10.2 Å². The largest absolute Gasteiger partial charge is 0.471 e. The van der Waals surface area contributed by atoms with Crippen molar-refractivity contribution in [3.8, 4) is 11.9 Å². The molecule has 0 aromatic carbocycles. The SMILES string of the molecule is CC(C)(C)N(C(=O)O)C1CCC(Nc2nc(OCC(F)F)c(C#N)cc2F)CC1. The molecule has 10 heteroatoms. The first-order valence-corrected chi connectivity index (χ1v) is 9.33. The number of hydrogen-bond acceptors (Lipinski definition) is 5. The zero-order chi connectivity index (χ0) is 21.8. The molecular weight excluding hydrogens is 389 g/mol. The van der Waals surface area contributed by atoms with Crippen LogP contribution in [0.2, 0.25) is 0 Å². The maximum atomic E-state index is 14.3. The van der Waals surface area contributed by atoms with Gasteiger partial charge < -0.3 is 20.1 Å². The second kappa shape index (κ2) is 9.20. The molecule has 29 heavy (non-hydrogen) atoms. The van der Waals surface area contributed by atoms with Gasteiger partial charge in [0.25, 0.3) is 6.43 Å². The number of ether oxygens (including phenoxy) is 1. The van der Waals surface area contributed by atoms with Gasteiger partial charge in [0.1, 0.15) is 11.6 Å². The van der Waals surface area contributed by atoms with Crippen LogP contribution in [0.15, 0.2) is 6.07 Å². The Morgan fingerprint density at radius 2 is 2.03 bits per heavy atom. The van der Waals surface area contributed by atoms with Gasteiger partial charge in [0.05, 0.1) is 0 Å². The molecule has 1 aromatic heterocycles. The molecule has 7 nitrogen and oxygen atoms in total. The Morgan fingerprint density at radius 1 is 1.41 bits per heavy atom. The quantitative estimate of drug-likeness (QED) is 0.723. The second-order valence-electron chi connectivity index (χ2n) is 7.96. The Morgan fingerprint density at radius 3 is 2.52 bits per heavy atom. The van der Waals surface area contributed by atoms with Crippen molar-refractivity contribution >= 4 is 11.9 Å². The predicted octanol–water partition coefficient (Wildman–Crippen LogP) is 4.24. The van der Waals surface area contributed by atoms with Crippen molar-refractivity contribution in [2.24, 2.45) is 0 Å². The van der Waals surface area contributed by atoms with Crippen molar-refractivity contribution in [3.63, 3.8) is 0 Å². The molecule has 0 saturated heterocycles. The number of halogens is 3. The summed E-state index contributed by atoms with van der Waals surface area (Å²) >= 11 is 0. The predicted molar refractivity (Wildman–Crippen MR) is 99.7 cm³/mol. The summed E-state index contributed by atoms with van der Waals surface area (Å²) in [5.74, 6) is -1.31. The molecule has 1 heterocycles. The van der Waals surface area contributed by atoms with Crippen LogP contribution in [0.5, 0.6) is 5.88 Å². The second-order valence-corrected chi connectivity index (χ2v) is 7.96. The molecule has 0 bridgehead atoms. The van der Waals surface area contributed by atoms with E-state index in [1.807, 2.05) is 20.8 Å². The highest BCUT2D eigenvalue weighted by molar-refractivity contribution is 5.66. The van der Waals surface area contributed by atoms with Crippen molar-refractivity contribution in [2.75, 3.05) is 11.9 Å². The molecule has 1 aliphatic carbocycles. The van der Waals surface area contributed by atoms with E-state index in [1.165, 1.54) is 4.90 Å². The number of nitriles is 1. The molecular formula is C19H25F3N4O3. The van der Waals surface area contributed by atoms with E-state index in [9.17, 15) is 23.1 Å². The van der Waals surface area contributed by atoms with Crippen LogP contribution in [0, 0.1) is 17.1 Å². The van der Waals surface area contributed by atoms with E-state index < -0.39 is 30.5 Å². The molecule has 1 aromatic rings. The van der Waals surface area contributed by atoms with Crippen LogP contribution in [0.25, 0.3) is 0 Å². The number of pyridine rings is 1. The number of carboxylic acid groups (broad SMARTS) is 1. The first kappa shape index (κ1) is 22.6. The maximum absolute atomic E-state index is 14.3. The van der Waals surface area contributed by atoms with Crippen LogP contribution in [0.3, 0.4) is 0 Å². The van der Waals surface area contributed by atoms with E-state index in [4.69, 9.17) is 10.00 Å². The van der Waals surface area contributed by atoms with Gasteiger partial charge in [0, 0.05) is 23.7 Å². The fraction of sp³-hybridized carbons (Fsp3) is 0.632. The van der Waals surface area contributed by atoms with Gasteiger partial charge in [0.2, 0.25) is 5.88 Å². The highest BCUT2D eigenvalue weighted by atomic mass is 19.3. The monoisotopic (exact) mass is 414 g/mol. The number of rotatable bonds is 6. The molecule has 2 rings (SSSR count). The Hall–Kier alpha value is -2.70. The van der Waals surface area contributed by atoms with Gasteiger partial charge >= 0.3 is 6.09 Å². The van der Waals surface area contributed by atoms with Crippen molar-refractivity contribution in [1.82, 2.24) is 9.88 Å². The third-order valence-electron chi connectivity index (χ3n) is 4.74. The molecule has 160 valence electrons. The van der Waals surface area contributed by atoms with Gasteiger partial charge in [-0.25, -0.2) is 18.0 Å². The van der Waals surface area contributed by atoms with Crippen molar-refractivity contribution in [1.29, 1.82) is 5.26 Å². The van der Waals surface area contributed by atoms with E-state index in [0.717, 1.165) is 6.07 Å². The molecule has 1 saturated carbocycles. The van der Waals surface area contributed by atoms with E-state index in [0.29, 0.717) is 25.7 Å². The van der Waals surface area contributed by atoms with E-state index in [2.05, 4.69) is 10.3 Å². The van der Waals surface area contributed by atoms with E-state index >= 15 is 0 Å². The lowest BCUT2D eigenvalue weighted by molar-refractivity contribution is 0.0556. The van der Waals surface area contributed by atoms with Crippen molar-refractivity contribution in [2.45, 2.75) is 70.5 Å². The summed E-state index contributed by atoms with van der Waals surface area (Å²) in [4.78, 5) is 16.9. The number of nitrogens with one attached hydrogen (secondary N) is 1. The Labute approximate surface area is 167 Å². The van der Waals surface area contributed by atoms with Gasteiger partial charge in [-0.1, -0.05) is 0 Å². The minimum Gasteiger partial charge on any atom is -0.471 e. The number of anilines is 1. The van der Waals surface area contributed by atoms with Gasteiger partial charge in [-0.15, -0.1) is 0 Å². The molecule has 1 fully saturated rings. The summed E-state index contributed by atoms with van der Waals surface area (Å²) in [6, 6.07) is 2.26. The summed E-state index contributed by atoms with van der Waals surface area (Å²) in [6.45, 7) is 4.56. The number of aromatic nitrogens is 1. The minimum absolute atomic E-state index is 0.144. The Kier molecular flexibility index (Phi) is 7.16. The number of nitrogens with zero attached hydrogens (tertiary/aromatic N) is 3. The highest BCUT2D eigenvalue weighted by Crippen LogP contribution is 2.31. The molecule has 0 unspecified atom stereocenters. The summed E-state index contributed by atoms with van der Waals surface area (Å²) in [6.07, 6.45) is -1.38. The van der Waals surface area contributed by atoms with Crippen LogP contribution in [-0.2, 0) is 0 Å². The van der Waals surface area contributed by atoms with Crippen LogP contribution < -0.4 is 10.1 Å². The molecule has 1 amide bonds. The zero-order valence-electron chi connectivity index (χ0n) is 16.6. The first-order valence-electron chi connectivity index (χ1n) is 9.33. The Bertz CT molecular complexity index is 769. The number of alkyl halides is 2. The lowest BCUT2D eigenvalue weighted by Gasteiger charge is -2.42. The standard InChI is InChI=1S/C19H25F3N4O3/c1-19(2,3)26(18(27)28)13-6-4-12(5-7-13)24-16-14(20)8-11(9-23)17(25-16)29-10-15(21)22/h8,12-13,15H,4-7,10H2,1-3H3,(H,24,25)(H,27,28). The lowest BCUT2D eigenvalue weighted by Crippen LogP contribution is -2.52. The van der Waals surface area contributed by atoms with E-state index in [-0.39, 0.29) is 29.3 Å². The fourth-order valence-electron chi connectivity index (χ4n) is 3.57. The molecule has 0 spiro atoms. The van der Waals surface area contributed by atoms with Crippen molar-refractivity contribution in [3.05, 3.63) is 17.4 Å². The smallest absolute Gasteiger partial charge is 0.407 e. The van der Waals surface area contributed by atoms with E-state index in [1.54, 1.807) is 6.07 Å². The van der Waals surface area contributed by atoms with Gasteiger partial charge in [-0.05, 0) is 46.5 Å². The number of carbonyl (C=O) groups is 1. The zero-order valence-corrected chi connectivity index (χ0v) is 16.6. The number of hydrogen-bond donors (Lipinski definition) is 2. The third-order valence-corrected chi connectivity index (χ3v) is 4.74. The average Bonchev–Trinajstić information content (AvgIpc) is 2.61. The molecule has 0 aliphatic heterocycles. The van der Waals surface area contributed by atoms with Crippen LogP contribution in [0.4, 0.5) is 23.8 Å². The van der Waals surface area contributed by atoms with Crippen LogP contribution in [-0.4, -0.2) is 51.7 Å². The molecule has 2 N–H and O–H groups in total. The molecule has 1 aliphatic rings. The first-order chi connectivity index (χ1) is 13.5. The Balaban J connectivity index is 2.07. The van der Waals surface area contributed by atoms with Crippen LogP contribution in [0.1, 0.15) is 52.0 Å². The minimum atomic E-state index is -2.75. The molecule has 0 radical (unpaired) electrons. The summed E-state index contributed by atoms with van der Waals surface area (Å²) in [5, 5.41) is 21.5. The number of amides is 1. The van der Waals surface area contributed by atoms with Crippen molar-refractivity contribution < 1.29 is 27.8 Å². The summed E-state index contributed by atoms with van der Waals surface area (Å²) in [5.41, 5.74) is -0.797. The maximum Gasteiger partial charge on any atom is 0.407 e. The topological polar surface area (TPSA) is 98.5 Å².